The van der Waals surface area contributed by atoms with Crippen LogP contribution in [-0.2, 0) is 10.8 Å². The van der Waals surface area contributed by atoms with Crippen molar-refractivity contribution in [3.05, 3.63) is 52.9 Å². The number of hydrogen-bond acceptors (Lipinski definition) is 5. The van der Waals surface area contributed by atoms with Gasteiger partial charge < -0.3 is 5.32 Å². The molecule has 0 atom stereocenters. The predicted octanol–water partition coefficient (Wildman–Crippen LogP) is 3.90. The third-order valence-electron chi connectivity index (χ3n) is 4.69. The monoisotopic (exact) mass is 393 g/mol. The van der Waals surface area contributed by atoms with E-state index in [9.17, 15) is 4.21 Å². The standard InChI is InChI=1S/C19H24ClN3O2S/c20-18-13-22-19(23-24)11-17(18)15-4-2-1-3-5-16(10-15)21-12-14-6-8-26(25)9-7-14/h3-5,10-11,13-14,21,24H,1-2,6-9,12H2,(H,22,23)/b5-3-,15-4+,16-10+. The van der Waals surface area contributed by atoms with Gasteiger partial charge in [0.1, 0.15) is 5.82 Å². The summed E-state index contributed by atoms with van der Waals surface area (Å²) in [7, 11) is -0.623. The van der Waals surface area contributed by atoms with Crippen LogP contribution in [0, 0.1) is 5.92 Å². The van der Waals surface area contributed by atoms with E-state index in [4.69, 9.17) is 16.8 Å². The van der Waals surface area contributed by atoms with Crippen molar-refractivity contribution in [2.24, 2.45) is 5.92 Å². The maximum absolute atomic E-state index is 11.5. The third-order valence-corrected chi connectivity index (χ3v) is 6.37. The van der Waals surface area contributed by atoms with Crippen molar-refractivity contribution in [3.8, 4) is 0 Å². The average molecular weight is 394 g/mol. The smallest absolute Gasteiger partial charge is 0.150 e. The number of nitrogens with zero attached hydrogens (tertiary/aromatic N) is 1. The van der Waals surface area contributed by atoms with Crippen LogP contribution in [0.5, 0.6) is 0 Å². The van der Waals surface area contributed by atoms with Crippen molar-refractivity contribution in [3.63, 3.8) is 0 Å². The van der Waals surface area contributed by atoms with Crippen molar-refractivity contribution in [2.45, 2.75) is 25.7 Å². The first-order chi connectivity index (χ1) is 12.7. The van der Waals surface area contributed by atoms with Crippen molar-refractivity contribution < 1.29 is 9.42 Å². The van der Waals surface area contributed by atoms with Crippen LogP contribution in [0.2, 0.25) is 5.02 Å². The summed E-state index contributed by atoms with van der Waals surface area (Å²) in [6.45, 7) is 0.883. The molecule has 0 saturated carbocycles. The Morgan fingerprint density at radius 1 is 1.31 bits per heavy atom. The minimum absolute atomic E-state index is 0.362. The van der Waals surface area contributed by atoms with Crippen molar-refractivity contribution in [1.29, 1.82) is 0 Å². The maximum atomic E-state index is 11.5. The lowest BCUT2D eigenvalue weighted by Gasteiger charge is -2.22. The van der Waals surface area contributed by atoms with E-state index in [0.29, 0.717) is 16.8 Å². The molecule has 0 bridgehead atoms. The van der Waals surface area contributed by atoms with Gasteiger partial charge >= 0.3 is 0 Å². The molecule has 0 unspecified atom stereocenters. The maximum Gasteiger partial charge on any atom is 0.150 e. The van der Waals surface area contributed by atoms with Crippen LogP contribution in [0.15, 0.2) is 42.3 Å². The molecule has 5 nitrogen and oxygen atoms in total. The van der Waals surface area contributed by atoms with Crippen molar-refractivity contribution >= 4 is 33.8 Å². The molecule has 3 N–H and O–H groups in total. The molecule has 1 aromatic heterocycles. The average Bonchev–Trinajstić information content (AvgIpc) is 2.63. The molecular weight excluding hydrogens is 370 g/mol. The van der Waals surface area contributed by atoms with E-state index < -0.39 is 10.8 Å². The summed E-state index contributed by atoms with van der Waals surface area (Å²) in [5, 5.41) is 13.2. The topological polar surface area (TPSA) is 74.2 Å². The molecular formula is C19H24ClN3O2S. The minimum atomic E-state index is -0.623. The first-order valence-electron chi connectivity index (χ1n) is 8.89. The quantitative estimate of drug-likeness (QED) is 0.661. The van der Waals surface area contributed by atoms with E-state index in [0.717, 1.165) is 60.6 Å². The van der Waals surface area contributed by atoms with Crippen LogP contribution < -0.4 is 10.8 Å². The highest BCUT2D eigenvalue weighted by molar-refractivity contribution is 7.85. The number of aromatic nitrogens is 1. The Hall–Kier alpha value is -1.63. The fourth-order valence-electron chi connectivity index (χ4n) is 3.15. The van der Waals surface area contributed by atoms with E-state index in [1.807, 2.05) is 0 Å². The number of allylic oxidation sites excluding steroid dienone is 5. The van der Waals surface area contributed by atoms with Gasteiger partial charge in [-0.3, -0.25) is 14.9 Å². The Balaban J connectivity index is 1.76. The van der Waals surface area contributed by atoms with Gasteiger partial charge in [-0.1, -0.05) is 23.8 Å². The number of hydrogen-bond donors (Lipinski definition) is 3. The number of halogens is 1. The molecule has 1 saturated heterocycles. The normalized spacial score (nSPS) is 28.7. The fraction of sp³-hybridized carbons (Fsp3) is 0.421. The summed E-state index contributed by atoms with van der Waals surface area (Å²) >= 11 is 6.33. The highest BCUT2D eigenvalue weighted by Crippen LogP contribution is 2.29. The van der Waals surface area contributed by atoms with E-state index in [1.54, 1.807) is 6.07 Å². The summed E-state index contributed by atoms with van der Waals surface area (Å²) in [6.07, 6.45) is 13.9. The Morgan fingerprint density at radius 2 is 2.12 bits per heavy atom. The van der Waals surface area contributed by atoms with Crippen LogP contribution >= 0.6 is 11.6 Å². The molecule has 2 aliphatic rings. The largest absolute Gasteiger partial charge is 0.385 e. The van der Waals surface area contributed by atoms with Crippen LogP contribution in [0.1, 0.15) is 31.2 Å². The Labute approximate surface area is 161 Å². The summed E-state index contributed by atoms with van der Waals surface area (Å²) in [6, 6.07) is 1.74. The lowest BCUT2D eigenvalue weighted by molar-refractivity contribution is 0.386. The first-order valence-corrected chi connectivity index (χ1v) is 10.8. The predicted molar refractivity (Wildman–Crippen MR) is 108 cm³/mol. The minimum Gasteiger partial charge on any atom is -0.385 e. The van der Waals surface area contributed by atoms with Crippen LogP contribution in [0.25, 0.3) is 5.57 Å². The molecule has 1 aromatic rings. The summed E-state index contributed by atoms with van der Waals surface area (Å²) in [4.78, 5) is 4.02. The van der Waals surface area contributed by atoms with Crippen LogP contribution in [-0.4, -0.2) is 32.5 Å². The van der Waals surface area contributed by atoms with Gasteiger partial charge in [-0.2, -0.15) is 0 Å². The summed E-state index contributed by atoms with van der Waals surface area (Å²) in [5.74, 6) is 2.56. The first kappa shape index (κ1) is 19.1. The molecule has 1 aliphatic heterocycles. The van der Waals surface area contributed by atoms with Gasteiger partial charge in [0.2, 0.25) is 0 Å². The second-order valence-electron chi connectivity index (χ2n) is 6.57. The number of pyridine rings is 1. The second kappa shape index (κ2) is 9.35. The molecule has 26 heavy (non-hydrogen) atoms. The van der Waals surface area contributed by atoms with Crippen molar-refractivity contribution in [2.75, 3.05) is 23.5 Å². The number of anilines is 1. The second-order valence-corrected chi connectivity index (χ2v) is 8.68. The van der Waals surface area contributed by atoms with Crippen molar-refractivity contribution in [1.82, 2.24) is 10.3 Å². The SMILES string of the molecule is O=S1CCC(CNC2=C/C(c3cc(NO)ncc3Cl)=C\CC/C=C\2)CC1. The van der Waals surface area contributed by atoms with E-state index in [-0.39, 0.29) is 0 Å². The van der Waals surface area contributed by atoms with Crippen LogP contribution in [0.3, 0.4) is 0 Å². The van der Waals surface area contributed by atoms with Gasteiger partial charge in [0.25, 0.3) is 0 Å². The van der Waals surface area contributed by atoms with Crippen LogP contribution in [0.4, 0.5) is 5.82 Å². The highest BCUT2D eigenvalue weighted by atomic mass is 35.5. The Morgan fingerprint density at radius 3 is 2.88 bits per heavy atom. The zero-order valence-corrected chi connectivity index (χ0v) is 16.2. The summed E-state index contributed by atoms with van der Waals surface area (Å²) < 4.78 is 11.5. The lowest BCUT2D eigenvalue weighted by atomic mass is 10.0. The Kier molecular flexibility index (Phi) is 6.88. The van der Waals surface area contributed by atoms with E-state index in [1.165, 1.54) is 6.20 Å². The number of nitrogens with one attached hydrogen (secondary N) is 2. The fourth-order valence-corrected chi connectivity index (χ4v) is 4.76. The molecule has 1 aliphatic carbocycles. The third kappa shape index (κ3) is 5.19. The zero-order chi connectivity index (χ0) is 18.4. The van der Waals surface area contributed by atoms with E-state index in [2.05, 4.69) is 40.1 Å². The molecule has 140 valence electrons. The number of rotatable bonds is 5. The molecule has 0 radical (unpaired) electrons. The summed E-state index contributed by atoms with van der Waals surface area (Å²) in [5.41, 5.74) is 4.95. The highest BCUT2D eigenvalue weighted by Gasteiger charge is 2.17. The van der Waals surface area contributed by atoms with Gasteiger partial charge in [-0.25, -0.2) is 4.98 Å². The van der Waals surface area contributed by atoms with Gasteiger partial charge in [0.05, 0.1) is 5.02 Å². The van der Waals surface area contributed by atoms with Gasteiger partial charge in [-0.15, -0.1) is 0 Å². The van der Waals surface area contributed by atoms with Gasteiger partial charge in [-0.05, 0) is 55.4 Å². The molecule has 3 rings (SSSR count). The lowest BCUT2D eigenvalue weighted by Crippen LogP contribution is -2.28. The van der Waals surface area contributed by atoms with E-state index >= 15 is 0 Å². The zero-order valence-electron chi connectivity index (χ0n) is 14.6. The molecule has 1 fully saturated rings. The van der Waals surface area contributed by atoms with Gasteiger partial charge in [0.15, 0.2) is 0 Å². The Bertz CT molecular complexity index is 751. The molecule has 0 aromatic carbocycles. The van der Waals surface area contributed by atoms with Gasteiger partial charge in [0, 0.05) is 46.3 Å². The molecule has 2 heterocycles. The molecule has 0 spiro atoms. The molecule has 7 heteroatoms. The molecule has 0 amide bonds.